The number of hydrogen-bond acceptors (Lipinski definition) is 6. The molecule has 4 amide bonds. The molecular weight excluding hydrogens is 428 g/mol. The fraction of sp³-hybridized carbons (Fsp3) is 0.522. The van der Waals surface area contributed by atoms with Gasteiger partial charge in [-0.2, -0.15) is 0 Å². The van der Waals surface area contributed by atoms with Crippen LogP contribution in [0.2, 0.25) is 0 Å². The quantitative estimate of drug-likeness (QED) is 0.228. The second kappa shape index (κ2) is 15.4. The highest BCUT2D eigenvalue weighted by molar-refractivity contribution is 5.96. The van der Waals surface area contributed by atoms with Crippen LogP contribution in [0.1, 0.15) is 52.0 Å². The molecule has 10 nitrogen and oxygen atoms in total. The Morgan fingerprint density at radius 3 is 2.27 bits per heavy atom. The number of amides is 4. The standard InChI is InChI=1S/C23H34N4O6/c1-4-19(29)24-12-6-5-7-20(30)27-22(16(2)3)23(32)25-13-21(31)26-18-10-8-17(9-11-18)14-33-15-28/h8-11,15-16,22H,4-7,12-14H2,1-3H3,(H,24,29)(H,25,32)(H,26,31)(H,27,30). The molecule has 1 rings (SSSR count). The molecule has 1 unspecified atom stereocenters. The molecule has 0 fully saturated rings. The minimum atomic E-state index is -0.762. The summed E-state index contributed by atoms with van der Waals surface area (Å²) in [5, 5.41) is 10.7. The molecule has 0 spiro atoms. The molecule has 0 aliphatic heterocycles. The van der Waals surface area contributed by atoms with E-state index in [2.05, 4.69) is 26.0 Å². The van der Waals surface area contributed by atoms with Gasteiger partial charge in [0.2, 0.25) is 23.6 Å². The van der Waals surface area contributed by atoms with Crippen molar-refractivity contribution in [3.05, 3.63) is 29.8 Å². The van der Waals surface area contributed by atoms with Crippen LogP contribution in [-0.4, -0.2) is 49.2 Å². The summed E-state index contributed by atoms with van der Waals surface area (Å²) in [6.07, 6.45) is 1.93. The molecule has 0 bridgehead atoms. The Bertz CT molecular complexity index is 795. The van der Waals surface area contributed by atoms with E-state index in [-0.39, 0.29) is 37.3 Å². The van der Waals surface area contributed by atoms with Crippen molar-refractivity contribution in [3.63, 3.8) is 0 Å². The summed E-state index contributed by atoms with van der Waals surface area (Å²) in [6, 6.07) is 5.98. The third-order valence-corrected chi connectivity index (χ3v) is 4.72. The fourth-order valence-corrected chi connectivity index (χ4v) is 2.84. The van der Waals surface area contributed by atoms with E-state index in [0.29, 0.717) is 38.0 Å². The molecule has 33 heavy (non-hydrogen) atoms. The van der Waals surface area contributed by atoms with E-state index in [4.69, 9.17) is 0 Å². The molecule has 0 aliphatic carbocycles. The molecule has 0 radical (unpaired) electrons. The predicted molar refractivity (Wildman–Crippen MR) is 123 cm³/mol. The van der Waals surface area contributed by atoms with Gasteiger partial charge >= 0.3 is 0 Å². The van der Waals surface area contributed by atoms with Crippen molar-refractivity contribution in [2.24, 2.45) is 5.92 Å². The van der Waals surface area contributed by atoms with Crippen LogP contribution < -0.4 is 21.3 Å². The first kappa shape index (κ1) is 27.6. The van der Waals surface area contributed by atoms with Gasteiger partial charge in [-0.05, 0) is 36.5 Å². The van der Waals surface area contributed by atoms with Crippen molar-refractivity contribution < 1.29 is 28.7 Å². The third-order valence-electron chi connectivity index (χ3n) is 4.72. The van der Waals surface area contributed by atoms with E-state index in [0.717, 1.165) is 5.56 Å². The molecule has 1 aromatic rings. The van der Waals surface area contributed by atoms with Crippen molar-refractivity contribution in [1.29, 1.82) is 0 Å². The smallest absolute Gasteiger partial charge is 0.293 e. The van der Waals surface area contributed by atoms with E-state index in [1.807, 2.05) is 0 Å². The minimum Gasteiger partial charge on any atom is -0.463 e. The topological polar surface area (TPSA) is 143 Å². The second-order valence-electron chi connectivity index (χ2n) is 7.82. The molecule has 1 atom stereocenters. The summed E-state index contributed by atoms with van der Waals surface area (Å²) >= 11 is 0. The first-order chi connectivity index (χ1) is 15.8. The van der Waals surface area contributed by atoms with Crippen molar-refractivity contribution in [2.75, 3.05) is 18.4 Å². The van der Waals surface area contributed by atoms with Crippen LogP contribution in [0.5, 0.6) is 0 Å². The van der Waals surface area contributed by atoms with Crippen LogP contribution in [0.3, 0.4) is 0 Å². The van der Waals surface area contributed by atoms with Crippen LogP contribution in [0.4, 0.5) is 5.69 Å². The third kappa shape index (κ3) is 11.7. The molecule has 0 saturated heterocycles. The lowest BCUT2D eigenvalue weighted by atomic mass is 10.0. The van der Waals surface area contributed by atoms with Crippen molar-refractivity contribution >= 4 is 35.8 Å². The summed E-state index contributed by atoms with van der Waals surface area (Å²) in [6.45, 7) is 6.16. The Hall–Kier alpha value is -3.43. The summed E-state index contributed by atoms with van der Waals surface area (Å²) in [5.41, 5.74) is 1.31. The zero-order valence-corrected chi connectivity index (χ0v) is 19.4. The van der Waals surface area contributed by atoms with Crippen molar-refractivity contribution in [3.8, 4) is 0 Å². The second-order valence-corrected chi connectivity index (χ2v) is 7.82. The highest BCUT2D eigenvalue weighted by Crippen LogP contribution is 2.10. The number of rotatable bonds is 15. The number of carbonyl (C=O) groups excluding carboxylic acids is 5. The van der Waals surface area contributed by atoms with E-state index in [1.54, 1.807) is 45.0 Å². The van der Waals surface area contributed by atoms with Gasteiger partial charge in [0.1, 0.15) is 12.6 Å². The highest BCUT2D eigenvalue weighted by Gasteiger charge is 2.24. The van der Waals surface area contributed by atoms with Crippen molar-refractivity contribution in [1.82, 2.24) is 16.0 Å². The Labute approximate surface area is 194 Å². The van der Waals surface area contributed by atoms with Gasteiger partial charge in [-0.1, -0.05) is 32.9 Å². The Morgan fingerprint density at radius 1 is 0.970 bits per heavy atom. The SMILES string of the molecule is CCC(=O)NCCCCC(=O)NC(C(=O)NCC(=O)Nc1ccc(COC=O)cc1)C(C)C. The maximum atomic E-state index is 12.5. The van der Waals surface area contributed by atoms with Gasteiger partial charge in [0.05, 0.1) is 6.54 Å². The van der Waals surface area contributed by atoms with Crippen LogP contribution >= 0.6 is 0 Å². The first-order valence-corrected chi connectivity index (χ1v) is 11.0. The van der Waals surface area contributed by atoms with Gasteiger partial charge in [0, 0.05) is 25.1 Å². The number of hydrogen-bond donors (Lipinski definition) is 4. The molecule has 0 aliphatic rings. The van der Waals surface area contributed by atoms with Gasteiger partial charge < -0.3 is 26.0 Å². The summed E-state index contributed by atoms with van der Waals surface area (Å²) in [4.78, 5) is 58.3. The predicted octanol–water partition coefficient (Wildman–Crippen LogP) is 1.25. The molecule has 0 saturated carbocycles. The number of unbranched alkanes of at least 4 members (excludes halogenated alkanes) is 1. The summed E-state index contributed by atoms with van der Waals surface area (Å²) in [7, 11) is 0. The van der Waals surface area contributed by atoms with E-state index in [9.17, 15) is 24.0 Å². The monoisotopic (exact) mass is 462 g/mol. The lowest BCUT2D eigenvalue weighted by Gasteiger charge is -2.21. The van der Waals surface area contributed by atoms with Crippen LogP contribution in [-0.2, 0) is 35.3 Å². The normalized spacial score (nSPS) is 11.3. The van der Waals surface area contributed by atoms with E-state index in [1.165, 1.54) is 0 Å². The number of benzene rings is 1. The molecule has 182 valence electrons. The Kier molecular flexibility index (Phi) is 12.9. The van der Waals surface area contributed by atoms with Crippen LogP contribution in [0.25, 0.3) is 0 Å². The van der Waals surface area contributed by atoms with Gasteiger partial charge in [0.15, 0.2) is 0 Å². The molecule has 0 aromatic heterocycles. The van der Waals surface area contributed by atoms with Gasteiger partial charge in [-0.3, -0.25) is 24.0 Å². The van der Waals surface area contributed by atoms with E-state index >= 15 is 0 Å². The zero-order chi connectivity index (χ0) is 24.6. The van der Waals surface area contributed by atoms with Crippen LogP contribution in [0, 0.1) is 5.92 Å². The largest absolute Gasteiger partial charge is 0.463 e. The number of carbonyl (C=O) groups is 5. The summed E-state index contributed by atoms with van der Waals surface area (Å²) in [5.74, 6) is -1.30. The van der Waals surface area contributed by atoms with Gasteiger partial charge in [-0.25, -0.2) is 0 Å². The molecule has 10 heteroatoms. The zero-order valence-electron chi connectivity index (χ0n) is 19.4. The first-order valence-electron chi connectivity index (χ1n) is 11.0. The maximum Gasteiger partial charge on any atom is 0.293 e. The lowest BCUT2D eigenvalue weighted by Crippen LogP contribution is -2.51. The number of anilines is 1. The van der Waals surface area contributed by atoms with Gasteiger partial charge in [-0.15, -0.1) is 0 Å². The van der Waals surface area contributed by atoms with Crippen LogP contribution in [0.15, 0.2) is 24.3 Å². The molecular formula is C23H34N4O6. The number of ether oxygens (including phenoxy) is 1. The Morgan fingerprint density at radius 2 is 1.67 bits per heavy atom. The molecule has 1 aromatic carbocycles. The highest BCUT2D eigenvalue weighted by atomic mass is 16.5. The lowest BCUT2D eigenvalue weighted by molar-refractivity contribution is -0.130. The van der Waals surface area contributed by atoms with Crippen molar-refractivity contribution in [2.45, 2.75) is 59.1 Å². The number of nitrogens with one attached hydrogen (secondary N) is 4. The average molecular weight is 463 g/mol. The summed E-state index contributed by atoms with van der Waals surface area (Å²) < 4.78 is 4.66. The minimum absolute atomic E-state index is 0.0266. The molecule has 0 heterocycles. The van der Waals surface area contributed by atoms with Gasteiger partial charge in [0.25, 0.3) is 6.47 Å². The van der Waals surface area contributed by atoms with E-state index < -0.39 is 17.9 Å². The maximum absolute atomic E-state index is 12.5. The average Bonchev–Trinajstić information content (AvgIpc) is 2.79. The molecule has 4 N–H and O–H groups in total. The fourth-order valence-electron chi connectivity index (χ4n) is 2.84. The Balaban J connectivity index is 2.40.